The van der Waals surface area contributed by atoms with Crippen molar-refractivity contribution in [3.05, 3.63) is 47.4 Å². The quantitative estimate of drug-likeness (QED) is 0.537. The molecule has 26 heavy (non-hydrogen) atoms. The maximum atomic E-state index is 12.4. The molecule has 2 N–H and O–H groups in total. The summed E-state index contributed by atoms with van der Waals surface area (Å²) in [4.78, 5) is 24.3. The number of urea groups is 1. The Morgan fingerprint density at radius 2 is 1.92 bits per heavy atom. The summed E-state index contributed by atoms with van der Waals surface area (Å²) in [6.07, 6.45) is 3.42. The van der Waals surface area contributed by atoms with E-state index in [1.165, 1.54) is 14.2 Å². The molecular weight excluding hydrogens is 340 g/mol. The molecule has 0 aromatic heterocycles. The highest BCUT2D eigenvalue weighted by molar-refractivity contribution is 5.95. The van der Waals surface area contributed by atoms with Crippen LogP contribution in [0.4, 0.5) is 4.79 Å². The van der Waals surface area contributed by atoms with Gasteiger partial charge in [-0.05, 0) is 6.07 Å². The van der Waals surface area contributed by atoms with Gasteiger partial charge in [-0.2, -0.15) is 0 Å². The van der Waals surface area contributed by atoms with Gasteiger partial charge in [-0.1, -0.05) is 30.4 Å². The molecule has 1 aromatic rings. The van der Waals surface area contributed by atoms with Crippen molar-refractivity contribution in [1.29, 1.82) is 0 Å². The van der Waals surface area contributed by atoms with Gasteiger partial charge in [0.1, 0.15) is 17.9 Å². The average molecular weight is 362 g/mol. The second kappa shape index (κ2) is 9.47. The van der Waals surface area contributed by atoms with Crippen LogP contribution in [0.1, 0.15) is 5.56 Å². The molecule has 1 unspecified atom stereocenters. The van der Waals surface area contributed by atoms with Crippen molar-refractivity contribution in [2.24, 2.45) is 0 Å². The van der Waals surface area contributed by atoms with Gasteiger partial charge in [-0.25, -0.2) is 9.59 Å². The fourth-order valence-corrected chi connectivity index (χ4v) is 2.39. The molecule has 0 saturated heterocycles. The summed E-state index contributed by atoms with van der Waals surface area (Å²) >= 11 is 0. The van der Waals surface area contributed by atoms with Crippen molar-refractivity contribution in [3.8, 4) is 5.75 Å². The Morgan fingerprint density at radius 3 is 2.62 bits per heavy atom. The van der Waals surface area contributed by atoms with Crippen LogP contribution in [-0.2, 0) is 19.0 Å². The van der Waals surface area contributed by atoms with Crippen molar-refractivity contribution < 1.29 is 28.5 Å². The Kier molecular flexibility index (Phi) is 7.04. The second-order valence-corrected chi connectivity index (χ2v) is 5.25. The van der Waals surface area contributed by atoms with Crippen LogP contribution in [0.3, 0.4) is 0 Å². The van der Waals surface area contributed by atoms with Crippen LogP contribution < -0.4 is 15.4 Å². The molecule has 1 aliphatic rings. The Morgan fingerprint density at radius 1 is 1.15 bits per heavy atom. The molecule has 0 fully saturated rings. The number of esters is 1. The minimum atomic E-state index is -0.723. The number of hydrogen-bond donors (Lipinski definition) is 2. The molecule has 140 valence electrons. The SMILES string of the molecule is COCCOC(=O)C1=C(OC)NC(=O)NC1C=Cc1ccccc1OC. The van der Waals surface area contributed by atoms with Crippen LogP contribution in [0.25, 0.3) is 6.08 Å². The Balaban J connectivity index is 2.29. The first-order valence-corrected chi connectivity index (χ1v) is 7.93. The number of carbonyl (C=O) groups is 2. The summed E-state index contributed by atoms with van der Waals surface area (Å²) in [6, 6.07) is 6.18. The molecule has 0 saturated carbocycles. The van der Waals surface area contributed by atoms with E-state index in [0.29, 0.717) is 5.75 Å². The maximum Gasteiger partial charge on any atom is 0.341 e. The average Bonchev–Trinajstić information content (AvgIpc) is 2.65. The lowest BCUT2D eigenvalue weighted by Gasteiger charge is -2.26. The third-order valence-corrected chi connectivity index (χ3v) is 3.62. The van der Waals surface area contributed by atoms with Crippen LogP contribution in [0, 0.1) is 0 Å². The van der Waals surface area contributed by atoms with Crippen molar-refractivity contribution >= 4 is 18.1 Å². The van der Waals surface area contributed by atoms with Crippen LogP contribution >= 0.6 is 0 Å². The smallest absolute Gasteiger partial charge is 0.341 e. The van der Waals surface area contributed by atoms with Crippen LogP contribution in [0.2, 0.25) is 0 Å². The normalized spacial score (nSPS) is 16.9. The first kappa shape index (κ1) is 19.3. The van der Waals surface area contributed by atoms with E-state index in [1.54, 1.807) is 19.3 Å². The number of para-hydroxylation sites is 1. The molecule has 1 heterocycles. The van der Waals surface area contributed by atoms with E-state index in [2.05, 4.69) is 10.6 Å². The third kappa shape index (κ3) is 4.76. The summed E-state index contributed by atoms with van der Waals surface area (Å²) < 4.78 is 20.5. The Labute approximate surface area is 151 Å². The van der Waals surface area contributed by atoms with Crippen LogP contribution in [0.15, 0.2) is 41.8 Å². The summed E-state index contributed by atoms with van der Waals surface area (Å²) in [5, 5.41) is 5.12. The molecule has 8 heteroatoms. The summed E-state index contributed by atoms with van der Waals surface area (Å²) in [7, 11) is 4.44. The minimum Gasteiger partial charge on any atom is -0.496 e. The lowest BCUT2D eigenvalue weighted by molar-refractivity contribution is -0.140. The monoisotopic (exact) mass is 362 g/mol. The Hall–Kier alpha value is -3.00. The molecule has 1 aliphatic heterocycles. The molecule has 2 amide bonds. The zero-order valence-electron chi connectivity index (χ0n) is 14.9. The molecule has 8 nitrogen and oxygen atoms in total. The topological polar surface area (TPSA) is 95.1 Å². The first-order chi connectivity index (χ1) is 12.6. The molecule has 1 atom stereocenters. The molecule has 0 aliphatic carbocycles. The summed E-state index contributed by atoms with van der Waals surface area (Å²) in [5.74, 6) is 0.107. The predicted molar refractivity (Wildman–Crippen MR) is 94.4 cm³/mol. The van der Waals surface area contributed by atoms with Gasteiger partial charge in [-0.3, -0.25) is 5.32 Å². The lowest BCUT2D eigenvalue weighted by atomic mass is 10.0. The number of benzene rings is 1. The van der Waals surface area contributed by atoms with Gasteiger partial charge in [0.25, 0.3) is 0 Å². The van der Waals surface area contributed by atoms with E-state index in [1.807, 2.05) is 24.3 Å². The van der Waals surface area contributed by atoms with Gasteiger partial charge in [0.05, 0.1) is 26.9 Å². The van der Waals surface area contributed by atoms with Crippen molar-refractivity contribution in [2.45, 2.75) is 6.04 Å². The van der Waals surface area contributed by atoms with Gasteiger partial charge < -0.3 is 24.3 Å². The zero-order valence-corrected chi connectivity index (χ0v) is 14.9. The van der Waals surface area contributed by atoms with E-state index in [-0.39, 0.29) is 24.7 Å². The molecule has 1 aromatic carbocycles. The number of methoxy groups -OCH3 is 3. The van der Waals surface area contributed by atoms with Gasteiger partial charge in [0.2, 0.25) is 5.88 Å². The van der Waals surface area contributed by atoms with E-state index in [0.717, 1.165) is 5.56 Å². The number of rotatable bonds is 8. The van der Waals surface area contributed by atoms with Crippen molar-refractivity contribution in [1.82, 2.24) is 10.6 Å². The van der Waals surface area contributed by atoms with Crippen molar-refractivity contribution in [3.63, 3.8) is 0 Å². The third-order valence-electron chi connectivity index (χ3n) is 3.62. The fraction of sp³-hybridized carbons (Fsp3) is 0.333. The molecule has 0 spiro atoms. The van der Waals surface area contributed by atoms with E-state index < -0.39 is 18.0 Å². The highest BCUT2D eigenvalue weighted by atomic mass is 16.6. The standard InChI is InChI=1S/C18H22N2O6/c1-23-10-11-26-17(21)15-13(19-18(22)20-16(15)25-3)9-8-12-6-4-5-7-14(12)24-2/h4-9,13H,10-11H2,1-3H3,(H2,19,20,22). The van der Waals surface area contributed by atoms with Gasteiger partial charge in [-0.15, -0.1) is 0 Å². The highest BCUT2D eigenvalue weighted by Crippen LogP contribution is 2.21. The van der Waals surface area contributed by atoms with Gasteiger partial charge in [0.15, 0.2) is 0 Å². The number of ether oxygens (including phenoxy) is 4. The maximum absolute atomic E-state index is 12.4. The van der Waals surface area contributed by atoms with Crippen LogP contribution in [-0.4, -0.2) is 52.6 Å². The lowest BCUT2D eigenvalue weighted by Crippen LogP contribution is -2.50. The van der Waals surface area contributed by atoms with E-state index in [9.17, 15) is 9.59 Å². The number of carbonyl (C=O) groups excluding carboxylic acids is 2. The number of amides is 2. The van der Waals surface area contributed by atoms with Crippen molar-refractivity contribution in [2.75, 3.05) is 34.5 Å². The number of nitrogens with one attached hydrogen (secondary N) is 2. The predicted octanol–water partition coefficient (Wildman–Crippen LogP) is 1.44. The highest BCUT2D eigenvalue weighted by Gasteiger charge is 2.32. The largest absolute Gasteiger partial charge is 0.496 e. The van der Waals surface area contributed by atoms with Crippen LogP contribution in [0.5, 0.6) is 5.75 Å². The van der Waals surface area contributed by atoms with E-state index >= 15 is 0 Å². The molecule has 2 rings (SSSR count). The zero-order chi connectivity index (χ0) is 18.9. The minimum absolute atomic E-state index is 0.0471. The Bertz CT molecular complexity index is 713. The second-order valence-electron chi connectivity index (χ2n) is 5.25. The van der Waals surface area contributed by atoms with Gasteiger partial charge >= 0.3 is 12.0 Å². The molecular formula is C18H22N2O6. The molecule has 0 bridgehead atoms. The van der Waals surface area contributed by atoms with Gasteiger partial charge in [0, 0.05) is 12.7 Å². The molecule has 0 radical (unpaired) electrons. The summed E-state index contributed by atoms with van der Waals surface area (Å²) in [5.41, 5.74) is 0.961. The number of hydrogen-bond acceptors (Lipinski definition) is 6. The van der Waals surface area contributed by atoms with E-state index in [4.69, 9.17) is 18.9 Å². The fourth-order valence-electron chi connectivity index (χ4n) is 2.39. The summed E-state index contributed by atoms with van der Waals surface area (Å²) in [6.45, 7) is 0.357. The first-order valence-electron chi connectivity index (χ1n) is 7.93.